The smallest absolute Gasteiger partial charge is 0.269 e. The van der Waals surface area contributed by atoms with Gasteiger partial charge in [-0.1, -0.05) is 0 Å². The molecule has 2 atom stereocenters. The van der Waals surface area contributed by atoms with Crippen LogP contribution in [-0.2, 0) is 9.53 Å². The van der Waals surface area contributed by atoms with Crippen LogP contribution in [0.5, 0.6) is 0 Å². The number of hydrogen-bond acceptors (Lipinski definition) is 7. The first kappa shape index (κ1) is 19.5. The first-order valence-corrected chi connectivity index (χ1v) is 9.96. The summed E-state index contributed by atoms with van der Waals surface area (Å²) in [4.78, 5) is 29.1. The maximum Gasteiger partial charge on any atom is 0.269 e. The average Bonchev–Trinajstić information content (AvgIpc) is 2.97. The SMILES string of the molecule is CC1C(=O)N(c2ccc([N+](=O)[O-])cc2)C(S)N1c1ccc(N2CCOCC2)cc1. The second-order valence-corrected chi connectivity index (χ2v) is 7.49. The van der Waals surface area contributed by atoms with Gasteiger partial charge in [-0.25, -0.2) is 0 Å². The molecule has 8 nitrogen and oxygen atoms in total. The van der Waals surface area contributed by atoms with Crippen LogP contribution in [0.25, 0.3) is 0 Å². The lowest BCUT2D eigenvalue weighted by Gasteiger charge is -2.31. The summed E-state index contributed by atoms with van der Waals surface area (Å²) in [5.74, 6) is -0.101. The summed E-state index contributed by atoms with van der Waals surface area (Å²) in [5.41, 5.74) is 2.08. The number of ether oxygens (including phenoxy) is 1. The molecule has 29 heavy (non-hydrogen) atoms. The number of thiol groups is 1. The molecular formula is C20H22N4O4S. The average molecular weight is 414 g/mol. The second-order valence-electron chi connectivity index (χ2n) is 7.03. The van der Waals surface area contributed by atoms with E-state index in [9.17, 15) is 14.9 Å². The number of nitro benzene ring substituents is 1. The van der Waals surface area contributed by atoms with E-state index >= 15 is 0 Å². The monoisotopic (exact) mass is 414 g/mol. The standard InChI is InChI=1S/C20H22N4O4S/c1-14-19(25)23(17-6-8-18(9-7-17)24(26)27)20(29)22(14)16-4-2-15(3-5-16)21-10-12-28-13-11-21/h2-9,14,20,29H,10-13H2,1H3. The van der Waals surface area contributed by atoms with Crippen molar-refractivity contribution in [2.24, 2.45) is 0 Å². The van der Waals surface area contributed by atoms with Gasteiger partial charge in [0.1, 0.15) is 6.04 Å². The number of carbonyl (C=O) groups is 1. The minimum Gasteiger partial charge on any atom is -0.378 e. The number of amides is 1. The minimum atomic E-state index is -0.506. The van der Waals surface area contributed by atoms with Crippen molar-refractivity contribution in [3.8, 4) is 0 Å². The summed E-state index contributed by atoms with van der Waals surface area (Å²) in [6, 6.07) is 13.6. The number of anilines is 3. The molecule has 2 aliphatic rings. The lowest BCUT2D eigenvalue weighted by molar-refractivity contribution is -0.384. The van der Waals surface area contributed by atoms with Gasteiger partial charge in [-0.2, -0.15) is 0 Å². The number of benzene rings is 2. The molecule has 2 aromatic carbocycles. The third-order valence-corrected chi connectivity index (χ3v) is 5.83. The fourth-order valence-corrected chi connectivity index (χ4v) is 4.35. The summed E-state index contributed by atoms with van der Waals surface area (Å²) >= 11 is 4.69. The zero-order chi connectivity index (χ0) is 20.5. The maximum atomic E-state index is 12.9. The molecule has 2 saturated heterocycles. The molecule has 0 aliphatic carbocycles. The molecule has 1 amide bonds. The highest BCUT2D eigenvalue weighted by atomic mass is 32.1. The van der Waals surface area contributed by atoms with Gasteiger partial charge in [0.2, 0.25) is 0 Å². The van der Waals surface area contributed by atoms with E-state index in [1.807, 2.05) is 36.1 Å². The molecular weight excluding hydrogens is 392 g/mol. The van der Waals surface area contributed by atoms with Crippen LogP contribution in [0.3, 0.4) is 0 Å². The fraction of sp³-hybridized carbons (Fsp3) is 0.350. The Labute approximate surface area is 174 Å². The molecule has 0 bridgehead atoms. The molecule has 4 rings (SSSR count). The van der Waals surface area contributed by atoms with Crippen LogP contribution in [0.4, 0.5) is 22.7 Å². The van der Waals surface area contributed by atoms with E-state index in [2.05, 4.69) is 17.5 Å². The third-order valence-electron chi connectivity index (χ3n) is 5.35. The molecule has 2 unspecified atom stereocenters. The van der Waals surface area contributed by atoms with E-state index in [1.165, 1.54) is 12.1 Å². The number of nitro groups is 1. The van der Waals surface area contributed by atoms with E-state index in [0.29, 0.717) is 5.69 Å². The number of non-ortho nitro benzene ring substituents is 1. The summed E-state index contributed by atoms with van der Waals surface area (Å²) in [7, 11) is 0. The first-order chi connectivity index (χ1) is 14.0. The van der Waals surface area contributed by atoms with Crippen LogP contribution < -0.4 is 14.7 Å². The molecule has 2 heterocycles. The van der Waals surface area contributed by atoms with Gasteiger partial charge in [0.15, 0.2) is 5.50 Å². The summed E-state index contributed by atoms with van der Waals surface area (Å²) in [5, 5.41) is 10.9. The van der Waals surface area contributed by atoms with E-state index in [1.54, 1.807) is 17.0 Å². The topological polar surface area (TPSA) is 79.2 Å². The van der Waals surface area contributed by atoms with Crippen LogP contribution in [0.1, 0.15) is 6.92 Å². The molecule has 2 aliphatic heterocycles. The molecule has 0 radical (unpaired) electrons. The summed E-state index contributed by atoms with van der Waals surface area (Å²) in [6.45, 7) is 5.01. The largest absolute Gasteiger partial charge is 0.378 e. The lowest BCUT2D eigenvalue weighted by atomic mass is 10.2. The fourth-order valence-electron chi connectivity index (χ4n) is 3.77. The molecule has 152 valence electrons. The van der Waals surface area contributed by atoms with Crippen molar-refractivity contribution in [3.05, 3.63) is 58.6 Å². The lowest BCUT2D eigenvalue weighted by Crippen LogP contribution is -2.37. The van der Waals surface area contributed by atoms with E-state index in [0.717, 1.165) is 37.7 Å². The number of nitrogens with zero attached hydrogens (tertiary/aromatic N) is 4. The Hall–Kier alpha value is -2.78. The van der Waals surface area contributed by atoms with Crippen molar-refractivity contribution in [3.63, 3.8) is 0 Å². The molecule has 2 fully saturated rings. The summed E-state index contributed by atoms with van der Waals surface area (Å²) in [6.07, 6.45) is 0. The molecule has 2 aromatic rings. The number of carbonyl (C=O) groups excluding carboxylic acids is 1. The minimum absolute atomic E-state index is 0.0142. The first-order valence-electron chi connectivity index (χ1n) is 9.44. The predicted octanol–water partition coefficient (Wildman–Crippen LogP) is 2.89. The normalized spacial score (nSPS) is 22.3. The van der Waals surface area contributed by atoms with Crippen molar-refractivity contribution in [1.29, 1.82) is 0 Å². The zero-order valence-corrected chi connectivity index (χ0v) is 16.9. The molecule has 9 heteroatoms. The Kier molecular flexibility index (Phi) is 5.33. The molecule has 0 aromatic heterocycles. The highest BCUT2D eigenvalue weighted by Gasteiger charge is 2.42. The van der Waals surface area contributed by atoms with Crippen molar-refractivity contribution in [2.45, 2.75) is 18.5 Å². The number of rotatable bonds is 4. The Morgan fingerprint density at radius 3 is 2.14 bits per heavy atom. The third kappa shape index (κ3) is 3.63. The molecule has 0 saturated carbocycles. The van der Waals surface area contributed by atoms with Crippen molar-refractivity contribution in [1.82, 2.24) is 0 Å². The van der Waals surface area contributed by atoms with E-state index in [-0.39, 0.29) is 11.6 Å². The van der Waals surface area contributed by atoms with Crippen molar-refractivity contribution < 1.29 is 14.5 Å². The van der Waals surface area contributed by atoms with Crippen LogP contribution >= 0.6 is 12.6 Å². The van der Waals surface area contributed by atoms with Gasteiger partial charge in [0.25, 0.3) is 11.6 Å². The Morgan fingerprint density at radius 1 is 1.00 bits per heavy atom. The van der Waals surface area contributed by atoms with E-state index < -0.39 is 16.5 Å². The van der Waals surface area contributed by atoms with Crippen LogP contribution in [0, 0.1) is 10.1 Å². The highest BCUT2D eigenvalue weighted by Crippen LogP contribution is 2.35. The molecule has 0 N–H and O–H groups in total. The van der Waals surface area contributed by atoms with Gasteiger partial charge in [-0.15, -0.1) is 12.6 Å². The van der Waals surface area contributed by atoms with Gasteiger partial charge in [-0.05, 0) is 43.3 Å². The van der Waals surface area contributed by atoms with Crippen LogP contribution in [0.15, 0.2) is 48.5 Å². The number of hydrogen-bond donors (Lipinski definition) is 1. The van der Waals surface area contributed by atoms with Gasteiger partial charge in [0, 0.05) is 42.3 Å². The van der Waals surface area contributed by atoms with Crippen molar-refractivity contribution >= 4 is 41.3 Å². The van der Waals surface area contributed by atoms with Crippen LogP contribution in [-0.4, -0.2) is 48.7 Å². The predicted molar refractivity (Wildman–Crippen MR) is 115 cm³/mol. The van der Waals surface area contributed by atoms with Gasteiger partial charge >= 0.3 is 0 Å². The van der Waals surface area contributed by atoms with Gasteiger partial charge in [0.05, 0.1) is 18.1 Å². The zero-order valence-electron chi connectivity index (χ0n) is 16.0. The van der Waals surface area contributed by atoms with Crippen molar-refractivity contribution in [2.75, 3.05) is 41.0 Å². The number of morpholine rings is 1. The molecule has 0 spiro atoms. The maximum absolute atomic E-state index is 12.9. The Balaban J connectivity index is 1.56. The Bertz CT molecular complexity index is 900. The van der Waals surface area contributed by atoms with Crippen LogP contribution in [0.2, 0.25) is 0 Å². The Morgan fingerprint density at radius 2 is 1.55 bits per heavy atom. The highest BCUT2D eigenvalue weighted by molar-refractivity contribution is 7.81. The van der Waals surface area contributed by atoms with Gasteiger partial charge in [-0.3, -0.25) is 19.8 Å². The summed E-state index contributed by atoms with van der Waals surface area (Å²) < 4.78 is 5.40. The van der Waals surface area contributed by atoms with E-state index in [4.69, 9.17) is 4.74 Å². The van der Waals surface area contributed by atoms with Gasteiger partial charge < -0.3 is 14.5 Å². The second kappa shape index (κ2) is 7.92. The quantitative estimate of drug-likeness (QED) is 0.471.